The summed E-state index contributed by atoms with van der Waals surface area (Å²) in [5.74, 6) is -2.89. The van der Waals surface area contributed by atoms with Crippen LogP contribution in [0.5, 0.6) is 0 Å². The number of carbonyl (C=O) groups excluding carboxylic acids is 2. The molecule has 0 fully saturated rings. The highest BCUT2D eigenvalue weighted by Crippen LogP contribution is 2.13. The molecule has 2 amide bonds. The number of carbonyl (C=O) groups is 3. The quantitative estimate of drug-likeness (QED) is 0.616. The maximum absolute atomic E-state index is 12.1. The minimum atomic E-state index is -1.33. The van der Waals surface area contributed by atoms with Crippen molar-refractivity contribution in [2.75, 3.05) is 0 Å². The number of carboxylic acid groups (broad SMARTS) is 1. The van der Waals surface area contributed by atoms with Gasteiger partial charge in [0.1, 0.15) is 6.04 Å². The molecule has 0 spiro atoms. The number of hydrogen-bond donors (Lipinski definition) is 4. The van der Waals surface area contributed by atoms with Gasteiger partial charge in [-0.25, -0.2) is 9.78 Å². The molecular formula is C13H12N4O4. The lowest BCUT2D eigenvalue weighted by molar-refractivity contribution is -0.120. The predicted octanol–water partition coefficient (Wildman–Crippen LogP) is 0.0643. The first-order chi connectivity index (χ1) is 10.0. The van der Waals surface area contributed by atoms with Crippen LogP contribution in [0.25, 0.3) is 0 Å². The van der Waals surface area contributed by atoms with Gasteiger partial charge in [-0.3, -0.25) is 9.59 Å². The van der Waals surface area contributed by atoms with Crippen LogP contribution in [0.4, 0.5) is 0 Å². The van der Waals surface area contributed by atoms with Crippen molar-refractivity contribution in [1.29, 1.82) is 0 Å². The molecule has 0 aliphatic heterocycles. The number of primary amides is 1. The molecule has 1 aromatic heterocycles. The lowest BCUT2D eigenvalue weighted by Gasteiger charge is -2.15. The van der Waals surface area contributed by atoms with Gasteiger partial charge in [0.2, 0.25) is 5.91 Å². The largest absolute Gasteiger partial charge is 0.477 e. The molecule has 1 aromatic carbocycles. The average Bonchev–Trinajstić information content (AvgIpc) is 2.94. The van der Waals surface area contributed by atoms with Gasteiger partial charge in [0.15, 0.2) is 11.4 Å². The Bertz CT molecular complexity index is 680. The number of nitrogens with zero attached hydrogens (tertiary/aromatic N) is 1. The topological polar surface area (TPSA) is 138 Å². The van der Waals surface area contributed by atoms with Gasteiger partial charge in [-0.15, -0.1) is 0 Å². The van der Waals surface area contributed by atoms with Gasteiger partial charge < -0.3 is 21.1 Å². The SMILES string of the molecule is NC(=O)[C@H](NC(=O)c1nc[nH]c1C(=O)O)c1ccccc1. The highest BCUT2D eigenvalue weighted by molar-refractivity contribution is 6.03. The van der Waals surface area contributed by atoms with Gasteiger partial charge in [-0.2, -0.15) is 0 Å². The molecule has 0 bridgehead atoms. The Hall–Kier alpha value is -3.16. The molecule has 5 N–H and O–H groups in total. The monoisotopic (exact) mass is 288 g/mol. The number of nitrogens with one attached hydrogen (secondary N) is 2. The number of aromatic carboxylic acids is 1. The van der Waals surface area contributed by atoms with E-state index in [1.54, 1.807) is 30.3 Å². The zero-order valence-corrected chi connectivity index (χ0v) is 10.7. The molecule has 108 valence electrons. The zero-order chi connectivity index (χ0) is 15.4. The van der Waals surface area contributed by atoms with E-state index in [1.807, 2.05) is 0 Å². The summed E-state index contributed by atoms with van der Waals surface area (Å²) in [6.07, 6.45) is 1.08. The second-order valence-corrected chi connectivity index (χ2v) is 4.15. The van der Waals surface area contributed by atoms with Crippen molar-refractivity contribution >= 4 is 17.8 Å². The second kappa shape index (κ2) is 5.87. The summed E-state index contributed by atoms with van der Waals surface area (Å²) in [5, 5.41) is 11.3. The molecule has 0 aliphatic carbocycles. The standard InChI is InChI=1S/C13H12N4O4/c14-11(18)8(7-4-2-1-3-5-7)17-12(19)9-10(13(20)21)16-6-15-9/h1-6,8H,(H2,14,18)(H,15,16)(H,17,19)(H,20,21)/t8-/m1/s1. The molecule has 0 saturated carbocycles. The average molecular weight is 288 g/mol. The molecule has 1 heterocycles. The van der Waals surface area contributed by atoms with Crippen molar-refractivity contribution in [2.45, 2.75) is 6.04 Å². The number of carboxylic acids is 1. The van der Waals surface area contributed by atoms with Crippen molar-refractivity contribution < 1.29 is 19.5 Å². The van der Waals surface area contributed by atoms with Crippen LogP contribution in [0.1, 0.15) is 32.6 Å². The molecule has 2 aromatic rings. The first kappa shape index (κ1) is 14.3. The Morgan fingerprint density at radius 3 is 2.48 bits per heavy atom. The molecule has 8 nitrogen and oxygen atoms in total. The third-order valence-corrected chi connectivity index (χ3v) is 2.76. The Morgan fingerprint density at radius 2 is 1.90 bits per heavy atom. The van der Waals surface area contributed by atoms with Crippen LogP contribution in [0.3, 0.4) is 0 Å². The van der Waals surface area contributed by atoms with Crippen molar-refractivity contribution in [3.63, 3.8) is 0 Å². The van der Waals surface area contributed by atoms with E-state index in [9.17, 15) is 14.4 Å². The van der Waals surface area contributed by atoms with Crippen LogP contribution < -0.4 is 11.1 Å². The Kier molecular flexibility index (Phi) is 3.98. The fourth-order valence-electron chi connectivity index (χ4n) is 1.79. The molecule has 0 unspecified atom stereocenters. The van der Waals surface area contributed by atoms with Gasteiger partial charge in [-0.1, -0.05) is 30.3 Å². The fourth-order valence-corrected chi connectivity index (χ4v) is 1.79. The summed E-state index contributed by atoms with van der Waals surface area (Å²) in [5.41, 5.74) is 5.09. The number of aromatic amines is 1. The van der Waals surface area contributed by atoms with Gasteiger partial charge in [0.25, 0.3) is 5.91 Å². The third-order valence-electron chi connectivity index (χ3n) is 2.76. The Balaban J connectivity index is 2.26. The molecule has 0 radical (unpaired) electrons. The van der Waals surface area contributed by atoms with E-state index >= 15 is 0 Å². The summed E-state index contributed by atoms with van der Waals surface area (Å²) in [4.78, 5) is 40.5. The summed E-state index contributed by atoms with van der Waals surface area (Å²) in [7, 11) is 0. The Morgan fingerprint density at radius 1 is 1.24 bits per heavy atom. The predicted molar refractivity (Wildman–Crippen MR) is 71.4 cm³/mol. The van der Waals surface area contributed by atoms with Crippen LogP contribution in [0.2, 0.25) is 0 Å². The first-order valence-electron chi connectivity index (χ1n) is 5.92. The summed E-state index contributed by atoms with van der Waals surface area (Å²) in [6, 6.07) is 7.30. The molecule has 21 heavy (non-hydrogen) atoms. The third kappa shape index (κ3) is 3.06. The number of H-pyrrole nitrogens is 1. The highest BCUT2D eigenvalue weighted by Gasteiger charge is 2.25. The first-order valence-corrected chi connectivity index (χ1v) is 5.92. The van der Waals surface area contributed by atoms with E-state index in [2.05, 4.69) is 15.3 Å². The number of amides is 2. The normalized spacial score (nSPS) is 11.6. The fraction of sp³-hybridized carbons (Fsp3) is 0.0769. The van der Waals surface area contributed by atoms with Crippen LogP contribution in [0, 0.1) is 0 Å². The maximum atomic E-state index is 12.1. The van der Waals surface area contributed by atoms with Crippen LogP contribution in [-0.2, 0) is 4.79 Å². The lowest BCUT2D eigenvalue weighted by atomic mass is 10.1. The number of hydrogen-bond acceptors (Lipinski definition) is 4. The van der Waals surface area contributed by atoms with E-state index < -0.39 is 23.8 Å². The zero-order valence-electron chi connectivity index (χ0n) is 10.7. The summed E-state index contributed by atoms with van der Waals surface area (Å²) >= 11 is 0. The van der Waals surface area contributed by atoms with E-state index in [-0.39, 0.29) is 11.4 Å². The highest BCUT2D eigenvalue weighted by atomic mass is 16.4. The number of nitrogens with two attached hydrogens (primary N) is 1. The molecule has 1 atom stereocenters. The maximum Gasteiger partial charge on any atom is 0.354 e. The van der Waals surface area contributed by atoms with E-state index in [0.29, 0.717) is 5.56 Å². The number of imidazole rings is 1. The molecule has 8 heteroatoms. The van der Waals surface area contributed by atoms with Crippen LogP contribution in [-0.4, -0.2) is 32.9 Å². The summed E-state index contributed by atoms with van der Waals surface area (Å²) in [6.45, 7) is 0. The van der Waals surface area contributed by atoms with E-state index in [4.69, 9.17) is 10.8 Å². The smallest absolute Gasteiger partial charge is 0.354 e. The Labute approximate surface area is 119 Å². The van der Waals surface area contributed by atoms with E-state index in [1.165, 1.54) is 0 Å². The lowest BCUT2D eigenvalue weighted by Crippen LogP contribution is -2.38. The number of benzene rings is 1. The van der Waals surface area contributed by atoms with Crippen LogP contribution >= 0.6 is 0 Å². The minimum absolute atomic E-state index is 0.315. The summed E-state index contributed by atoms with van der Waals surface area (Å²) < 4.78 is 0. The van der Waals surface area contributed by atoms with Gasteiger partial charge in [0, 0.05) is 0 Å². The van der Waals surface area contributed by atoms with Crippen LogP contribution in [0.15, 0.2) is 36.7 Å². The van der Waals surface area contributed by atoms with Crippen molar-refractivity contribution in [3.8, 4) is 0 Å². The molecule has 0 aliphatic rings. The second-order valence-electron chi connectivity index (χ2n) is 4.15. The molecule has 0 saturated heterocycles. The van der Waals surface area contributed by atoms with Crippen molar-refractivity contribution in [1.82, 2.24) is 15.3 Å². The van der Waals surface area contributed by atoms with Crippen molar-refractivity contribution in [3.05, 3.63) is 53.6 Å². The number of aromatic nitrogens is 2. The van der Waals surface area contributed by atoms with Gasteiger partial charge >= 0.3 is 5.97 Å². The number of rotatable bonds is 5. The molecular weight excluding hydrogens is 276 g/mol. The van der Waals surface area contributed by atoms with E-state index in [0.717, 1.165) is 6.33 Å². The van der Waals surface area contributed by atoms with Crippen molar-refractivity contribution in [2.24, 2.45) is 5.73 Å². The van der Waals surface area contributed by atoms with Gasteiger partial charge in [0.05, 0.1) is 6.33 Å². The minimum Gasteiger partial charge on any atom is -0.477 e. The molecule has 2 rings (SSSR count). The van der Waals surface area contributed by atoms with Gasteiger partial charge in [-0.05, 0) is 5.56 Å².